The summed E-state index contributed by atoms with van der Waals surface area (Å²) in [7, 11) is 0. The van der Waals surface area contributed by atoms with Crippen molar-refractivity contribution < 1.29 is 19.4 Å². The SMILES string of the molecule is CC(COCc1ccccc1)NC(=O)N1CCC(C)(C(=O)O)C1. The number of benzene rings is 1. The van der Waals surface area contributed by atoms with E-state index in [1.807, 2.05) is 37.3 Å². The summed E-state index contributed by atoms with van der Waals surface area (Å²) >= 11 is 0. The zero-order valence-corrected chi connectivity index (χ0v) is 13.6. The number of carboxylic acids is 1. The number of carbonyl (C=O) groups excluding carboxylic acids is 1. The molecule has 2 N–H and O–H groups in total. The number of rotatable bonds is 6. The number of likely N-dealkylation sites (tertiary alicyclic amines) is 1. The van der Waals surface area contributed by atoms with Crippen LogP contribution in [0.5, 0.6) is 0 Å². The number of amides is 2. The first-order valence-electron chi connectivity index (χ1n) is 7.81. The topological polar surface area (TPSA) is 78.9 Å². The van der Waals surface area contributed by atoms with Gasteiger partial charge in [0.15, 0.2) is 0 Å². The molecule has 0 aromatic heterocycles. The van der Waals surface area contributed by atoms with Gasteiger partial charge < -0.3 is 20.1 Å². The maximum absolute atomic E-state index is 12.2. The van der Waals surface area contributed by atoms with Gasteiger partial charge in [-0.15, -0.1) is 0 Å². The predicted molar refractivity (Wildman–Crippen MR) is 86.0 cm³/mol. The number of aliphatic carboxylic acids is 1. The molecule has 1 saturated heterocycles. The summed E-state index contributed by atoms with van der Waals surface area (Å²) in [6.45, 7) is 5.16. The second-order valence-corrected chi connectivity index (χ2v) is 6.39. The van der Waals surface area contributed by atoms with Crippen molar-refractivity contribution in [2.45, 2.75) is 32.9 Å². The number of hydrogen-bond acceptors (Lipinski definition) is 3. The first-order chi connectivity index (χ1) is 10.9. The van der Waals surface area contributed by atoms with Gasteiger partial charge in [0.05, 0.1) is 24.7 Å². The lowest BCUT2D eigenvalue weighted by Gasteiger charge is -2.22. The lowest BCUT2D eigenvalue weighted by Crippen LogP contribution is -2.45. The first-order valence-corrected chi connectivity index (χ1v) is 7.81. The summed E-state index contributed by atoms with van der Waals surface area (Å²) in [4.78, 5) is 24.9. The Labute approximate surface area is 136 Å². The highest BCUT2D eigenvalue weighted by Gasteiger charge is 2.42. The largest absolute Gasteiger partial charge is 0.481 e. The van der Waals surface area contributed by atoms with Crippen molar-refractivity contribution in [2.75, 3.05) is 19.7 Å². The van der Waals surface area contributed by atoms with E-state index in [1.165, 1.54) is 0 Å². The molecule has 1 aliphatic rings. The van der Waals surface area contributed by atoms with Gasteiger partial charge in [-0.1, -0.05) is 30.3 Å². The first kappa shape index (κ1) is 17.3. The van der Waals surface area contributed by atoms with Crippen LogP contribution in [0.25, 0.3) is 0 Å². The molecule has 1 heterocycles. The molecule has 0 bridgehead atoms. The quantitative estimate of drug-likeness (QED) is 0.841. The van der Waals surface area contributed by atoms with E-state index in [4.69, 9.17) is 4.74 Å². The van der Waals surface area contributed by atoms with E-state index < -0.39 is 11.4 Å². The third kappa shape index (κ3) is 4.69. The van der Waals surface area contributed by atoms with Gasteiger partial charge in [0, 0.05) is 13.1 Å². The highest BCUT2D eigenvalue weighted by Crippen LogP contribution is 2.29. The van der Waals surface area contributed by atoms with E-state index in [1.54, 1.807) is 11.8 Å². The Bertz CT molecular complexity index is 549. The number of hydrogen-bond donors (Lipinski definition) is 2. The van der Waals surface area contributed by atoms with Crippen LogP contribution >= 0.6 is 0 Å². The van der Waals surface area contributed by atoms with Crippen LogP contribution in [-0.2, 0) is 16.1 Å². The molecule has 0 saturated carbocycles. The number of carboxylic acid groups (broad SMARTS) is 1. The fraction of sp³-hybridized carbons (Fsp3) is 0.529. The van der Waals surface area contributed by atoms with Gasteiger partial charge in [-0.05, 0) is 25.8 Å². The van der Waals surface area contributed by atoms with Crippen LogP contribution in [-0.4, -0.2) is 47.7 Å². The van der Waals surface area contributed by atoms with Crippen molar-refractivity contribution in [1.29, 1.82) is 0 Å². The molecule has 1 aromatic rings. The Morgan fingerprint density at radius 1 is 1.39 bits per heavy atom. The number of nitrogens with one attached hydrogen (secondary N) is 1. The van der Waals surface area contributed by atoms with Gasteiger partial charge in [-0.25, -0.2) is 4.79 Å². The molecule has 126 valence electrons. The zero-order valence-electron chi connectivity index (χ0n) is 13.6. The number of carbonyl (C=O) groups is 2. The summed E-state index contributed by atoms with van der Waals surface area (Å²) < 4.78 is 5.60. The van der Waals surface area contributed by atoms with E-state index in [-0.39, 0.29) is 18.6 Å². The summed E-state index contributed by atoms with van der Waals surface area (Å²) in [6.07, 6.45) is 0.481. The smallest absolute Gasteiger partial charge is 0.317 e. The minimum absolute atomic E-state index is 0.136. The van der Waals surface area contributed by atoms with Crippen molar-refractivity contribution in [1.82, 2.24) is 10.2 Å². The lowest BCUT2D eigenvalue weighted by atomic mass is 9.90. The number of ether oxygens (including phenoxy) is 1. The van der Waals surface area contributed by atoms with Gasteiger partial charge >= 0.3 is 12.0 Å². The second kappa shape index (κ2) is 7.46. The van der Waals surface area contributed by atoms with Crippen LogP contribution in [0.15, 0.2) is 30.3 Å². The van der Waals surface area contributed by atoms with Crippen molar-refractivity contribution in [2.24, 2.45) is 5.41 Å². The van der Waals surface area contributed by atoms with E-state index in [0.717, 1.165) is 5.56 Å². The minimum atomic E-state index is -0.855. The summed E-state index contributed by atoms with van der Waals surface area (Å²) in [6, 6.07) is 9.47. The molecule has 2 rings (SSSR count). The Morgan fingerprint density at radius 2 is 2.09 bits per heavy atom. The van der Waals surface area contributed by atoms with Crippen molar-refractivity contribution in [3.63, 3.8) is 0 Å². The molecule has 6 heteroatoms. The van der Waals surface area contributed by atoms with Crippen molar-refractivity contribution >= 4 is 12.0 Å². The Morgan fingerprint density at radius 3 is 2.70 bits per heavy atom. The molecule has 1 aliphatic heterocycles. The number of urea groups is 1. The Kier molecular flexibility index (Phi) is 5.60. The van der Waals surface area contributed by atoms with Gasteiger partial charge in [-0.3, -0.25) is 4.79 Å². The van der Waals surface area contributed by atoms with E-state index >= 15 is 0 Å². The van der Waals surface area contributed by atoms with Crippen LogP contribution in [0.2, 0.25) is 0 Å². The van der Waals surface area contributed by atoms with E-state index in [0.29, 0.717) is 26.2 Å². The molecular weight excluding hydrogens is 296 g/mol. The fourth-order valence-electron chi connectivity index (χ4n) is 2.58. The monoisotopic (exact) mass is 320 g/mol. The van der Waals surface area contributed by atoms with Crippen LogP contribution in [0, 0.1) is 5.41 Å². The fourth-order valence-corrected chi connectivity index (χ4v) is 2.58. The molecule has 2 amide bonds. The zero-order chi connectivity index (χ0) is 16.9. The molecule has 6 nitrogen and oxygen atoms in total. The van der Waals surface area contributed by atoms with Crippen LogP contribution in [0.3, 0.4) is 0 Å². The van der Waals surface area contributed by atoms with Crippen LogP contribution < -0.4 is 5.32 Å². The van der Waals surface area contributed by atoms with Crippen LogP contribution in [0.4, 0.5) is 4.79 Å². The lowest BCUT2D eigenvalue weighted by molar-refractivity contribution is -0.147. The highest BCUT2D eigenvalue weighted by molar-refractivity contribution is 5.79. The average Bonchev–Trinajstić information content (AvgIpc) is 2.92. The van der Waals surface area contributed by atoms with Gasteiger partial charge in [-0.2, -0.15) is 0 Å². The Balaban J connectivity index is 1.72. The molecule has 0 spiro atoms. The van der Waals surface area contributed by atoms with Gasteiger partial charge in [0.25, 0.3) is 0 Å². The standard InChI is InChI=1S/C17H24N2O4/c1-13(10-23-11-14-6-4-3-5-7-14)18-16(22)19-9-8-17(2,12-19)15(20)21/h3-7,13H,8-12H2,1-2H3,(H,18,22)(H,20,21). The maximum Gasteiger partial charge on any atom is 0.317 e. The van der Waals surface area contributed by atoms with Gasteiger partial charge in [0.1, 0.15) is 0 Å². The summed E-state index contributed by atoms with van der Waals surface area (Å²) in [5, 5.41) is 12.1. The minimum Gasteiger partial charge on any atom is -0.481 e. The van der Waals surface area contributed by atoms with Crippen LogP contribution in [0.1, 0.15) is 25.8 Å². The molecule has 0 radical (unpaired) electrons. The average molecular weight is 320 g/mol. The van der Waals surface area contributed by atoms with Crippen molar-refractivity contribution in [3.8, 4) is 0 Å². The highest BCUT2D eigenvalue weighted by atomic mass is 16.5. The third-order valence-corrected chi connectivity index (χ3v) is 4.13. The second-order valence-electron chi connectivity index (χ2n) is 6.39. The maximum atomic E-state index is 12.2. The molecule has 1 aromatic carbocycles. The molecule has 0 aliphatic carbocycles. The molecule has 23 heavy (non-hydrogen) atoms. The molecule has 2 unspecified atom stereocenters. The summed E-state index contributed by atoms with van der Waals surface area (Å²) in [5.41, 5.74) is 0.243. The third-order valence-electron chi connectivity index (χ3n) is 4.13. The Hall–Kier alpha value is -2.08. The van der Waals surface area contributed by atoms with Gasteiger partial charge in [0.2, 0.25) is 0 Å². The van der Waals surface area contributed by atoms with E-state index in [9.17, 15) is 14.7 Å². The molecule has 1 fully saturated rings. The predicted octanol–water partition coefficient (Wildman–Crippen LogP) is 2.10. The molecular formula is C17H24N2O4. The van der Waals surface area contributed by atoms with E-state index in [2.05, 4.69) is 5.32 Å². The number of nitrogens with zero attached hydrogens (tertiary/aromatic N) is 1. The van der Waals surface area contributed by atoms with Crippen molar-refractivity contribution in [3.05, 3.63) is 35.9 Å². The summed E-state index contributed by atoms with van der Waals surface area (Å²) in [5.74, 6) is -0.855. The molecule has 2 atom stereocenters. The normalized spacial score (nSPS) is 21.9.